The molecule has 1 aliphatic heterocycles. The average Bonchev–Trinajstić information content (AvgIpc) is 2.69. The van der Waals surface area contributed by atoms with Crippen molar-refractivity contribution in [2.24, 2.45) is 4.99 Å². The molecule has 1 amide bonds. The number of ether oxygens (including phenoxy) is 2. The molecule has 1 aromatic rings. The van der Waals surface area contributed by atoms with E-state index in [-0.39, 0.29) is 36.4 Å². The summed E-state index contributed by atoms with van der Waals surface area (Å²) in [5.74, 6) is 1.46. The van der Waals surface area contributed by atoms with Crippen molar-refractivity contribution < 1.29 is 14.3 Å². The summed E-state index contributed by atoms with van der Waals surface area (Å²) in [6, 6.07) is 7.67. The van der Waals surface area contributed by atoms with Gasteiger partial charge in [0.1, 0.15) is 5.75 Å². The number of rotatable bonds is 8. The van der Waals surface area contributed by atoms with E-state index in [1.807, 2.05) is 29.2 Å². The van der Waals surface area contributed by atoms with Crippen LogP contribution < -0.4 is 15.4 Å². The monoisotopic (exact) mass is 490 g/mol. The lowest BCUT2D eigenvalue weighted by atomic mass is 10.1. The Balaban J connectivity index is 0.00000364. The molecule has 2 N–H and O–H groups in total. The molecule has 0 radical (unpaired) electrons. The summed E-state index contributed by atoms with van der Waals surface area (Å²) in [5, 5.41) is 6.28. The molecule has 0 aliphatic carbocycles. The first-order chi connectivity index (χ1) is 12.7. The first kappa shape index (κ1) is 23.5. The Morgan fingerprint density at radius 2 is 2.00 bits per heavy atom. The van der Waals surface area contributed by atoms with Crippen molar-refractivity contribution in [1.29, 1.82) is 0 Å². The molecule has 0 unspecified atom stereocenters. The smallest absolute Gasteiger partial charge is 0.241 e. The second-order valence-corrected chi connectivity index (χ2v) is 6.21. The van der Waals surface area contributed by atoms with E-state index in [1.165, 1.54) is 6.42 Å². The summed E-state index contributed by atoms with van der Waals surface area (Å²) in [5.41, 5.74) is 0.854. The molecule has 152 valence electrons. The van der Waals surface area contributed by atoms with Crippen LogP contribution >= 0.6 is 24.0 Å². The van der Waals surface area contributed by atoms with E-state index >= 15 is 0 Å². The first-order valence-electron chi connectivity index (χ1n) is 9.20. The van der Waals surface area contributed by atoms with E-state index in [2.05, 4.69) is 15.6 Å². The number of nitrogens with zero attached hydrogens (tertiary/aromatic N) is 2. The lowest BCUT2D eigenvalue weighted by Gasteiger charge is -2.27. The Hall–Kier alpha value is -1.55. The molecule has 0 aromatic heterocycles. The van der Waals surface area contributed by atoms with Gasteiger partial charge in [-0.15, -0.1) is 24.0 Å². The third-order valence-corrected chi connectivity index (χ3v) is 4.20. The van der Waals surface area contributed by atoms with Gasteiger partial charge in [-0.3, -0.25) is 9.79 Å². The van der Waals surface area contributed by atoms with E-state index in [0.29, 0.717) is 19.2 Å². The molecule has 1 aromatic carbocycles. The van der Waals surface area contributed by atoms with Gasteiger partial charge in [-0.25, -0.2) is 0 Å². The van der Waals surface area contributed by atoms with Crippen molar-refractivity contribution in [2.45, 2.75) is 25.7 Å². The molecular weight excluding hydrogens is 459 g/mol. The number of carbonyl (C=O) groups excluding carboxylic acids is 1. The number of nitrogens with one attached hydrogen (secondary N) is 2. The summed E-state index contributed by atoms with van der Waals surface area (Å²) in [6.45, 7) is 3.24. The second kappa shape index (κ2) is 13.6. The summed E-state index contributed by atoms with van der Waals surface area (Å²) in [6.07, 6.45) is 4.24. The normalized spacial score (nSPS) is 14.3. The van der Waals surface area contributed by atoms with Gasteiger partial charge in [-0.05, 0) is 31.4 Å². The van der Waals surface area contributed by atoms with Gasteiger partial charge in [0.25, 0.3) is 0 Å². The SMILES string of the molecule is CN=C(NCC(=O)N1CCCCC1)Nc1cccc(OCCCOC)c1.I. The lowest BCUT2D eigenvalue weighted by molar-refractivity contribution is -0.130. The van der Waals surface area contributed by atoms with Gasteiger partial charge in [0, 0.05) is 52.0 Å². The van der Waals surface area contributed by atoms with E-state index in [4.69, 9.17) is 9.47 Å². The molecule has 2 rings (SSSR count). The number of halogens is 1. The van der Waals surface area contributed by atoms with Crippen LogP contribution in [0.4, 0.5) is 5.69 Å². The Morgan fingerprint density at radius 3 is 2.70 bits per heavy atom. The van der Waals surface area contributed by atoms with Gasteiger partial charge in [0.15, 0.2) is 5.96 Å². The zero-order chi connectivity index (χ0) is 18.6. The predicted octanol–water partition coefficient (Wildman–Crippen LogP) is 2.72. The van der Waals surface area contributed by atoms with Gasteiger partial charge >= 0.3 is 0 Å². The first-order valence-corrected chi connectivity index (χ1v) is 9.20. The number of hydrogen-bond acceptors (Lipinski definition) is 4. The average molecular weight is 490 g/mol. The Morgan fingerprint density at radius 1 is 1.22 bits per heavy atom. The van der Waals surface area contributed by atoms with Crippen molar-refractivity contribution in [3.63, 3.8) is 0 Å². The Labute approximate surface area is 178 Å². The lowest BCUT2D eigenvalue weighted by Crippen LogP contribution is -2.44. The Kier molecular flexibility index (Phi) is 11.8. The minimum Gasteiger partial charge on any atom is -0.493 e. The summed E-state index contributed by atoms with van der Waals surface area (Å²) in [7, 11) is 3.37. The number of amides is 1. The van der Waals surface area contributed by atoms with Crippen molar-refractivity contribution in [1.82, 2.24) is 10.2 Å². The van der Waals surface area contributed by atoms with E-state index in [0.717, 1.165) is 43.8 Å². The third-order valence-electron chi connectivity index (χ3n) is 4.20. The number of guanidine groups is 1. The van der Waals surface area contributed by atoms with Crippen molar-refractivity contribution in [3.8, 4) is 5.75 Å². The molecule has 0 spiro atoms. The number of likely N-dealkylation sites (tertiary alicyclic amines) is 1. The van der Waals surface area contributed by atoms with E-state index in [9.17, 15) is 4.79 Å². The van der Waals surface area contributed by atoms with Crippen LogP contribution in [0.3, 0.4) is 0 Å². The second-order valence-electron chi connectivity index (χ2n) is 6.21. The van der Waals surface area contributed by atoms with Crippen molar-refractivity contribution in [2.75, 3.05) is 52.3 Å². The molecule has 1 heterocycles. The topological polar surface area (TPSA) is 75.2 Å². The fourth-order valence-electron chi connectivity index (χ4n) is 2.79. The molecular formula is C19H31IN4O3. The summed E-state index contributed by atoms with van der Waals surface area (Å²) >= 11 is 0. The highest BCUT2D eigenvalue weighted by molar-refractivity contribution is 14.0. The summed E-state index contributed by atoms with van der Waals surface area (Å²) < 4.78 is 10.7. The number of piperidine rings is 1. The molecule has 8 heteroatoms. The zero-order valence-corrected chi connectivity index (χ0v) is 18.5. The molecule has 1 fully saturated rings. The van der Waals surface area contributed by atoms with Crippen LogP contribution in [-0.4, -0.2) is 63.8 Å². The predicted molar refractivity (Wildman–Crippen MR) is 119 cm³/mol. The standard InChI is InChI=1S/C19H30N4O3.HI/c1-20-19(21-15-18(24)23-10-4-3-5-11-23)22-16-8-6-9-17(14-16)26-13-7-12-25-2;/h6,8-9,14H,3-5,7,10-13,15H2,1-2H3,(H2,20,21,22);1H. The number of methoxy groups -OCH3 is 1. The highest BCUT2D eigenvalue weighted by Crippen LogP contribution is 2.17. The van der Waals surface area contributed by atoms with Crippen LogP contribution in [0.25, 0.3) is 0 Å². The molecule has 0 atom stereocenters. The van der Waals surface area contributed by atoms with Gasteiger partial charge in [-0.1, -0.05) is 6.07 Å². The zero-order valence-electron chi connectivity index (χ0n) is 16.2. The van der Waals surface area contributed by atoms with Gasteiger partial charge < -0.3 is 25.0 Å². The Bertz CT molecular complexity index is 592. The molecule has 1 saturated heterocycles. The van der Waals surface area contributed by atoms with Crippen LogP contribution in [0.5, 0.6) is 5.75 Å². The molecule has 27 heavy (non-hydrogen) atoms. The minimum absolute atomic E-state index is 0. The van der Waals surface area contributed by atoms with Gasteiger partial charge in [-0.2, -0.15) is 0 Å². The molecule has 7 nitrogen and oxygen atoms in total. The summed E-state index contributed by atoms with van der Waals surface area (Å²) in [4.78, 5) is 18.3. The fourth-order valence-corrected chi connectivity index (χ4v) is 2.79. The number of carbonyl (C=O) groups is 1. The highest BCUT2D eigenvalue weighted by atomic mass is 127. The highest BCUT2D eigenvalue weighted by Gasteiger charge is 2.16. The van der Waals surface area contributed by atoms with Crippen molar-refractivity contribution in [3.05, 3.63) is 24.3 Å². The number of anilines is 1. The maximum Gasteiger partial charge on any atom is 0.241 e. The largest absolute Gasteiger partial charge is 0.493 e. The van der Waals surface area contributed by atoms with Crippen LogP contribution in [0, 0.1) is 0 Å². The van der Waals surface area contributed by atoms with Crippen LogP contribution in [0.15, 0.2) is 29.3 Å². The minimum atomic E-state index is 0. The van der Waals surface area contributed by atoms with Crippen molar-refractivity contribution >= 4 is 41.5 Å². The van der Waals surface area contributed by atoms with E-state index < -0.39 is 0 Å². The van der Waals surface area contributed by atoms with E-state index in [1.54, 1.807) is 14.2 Å². The van der Waals surface area contributed by atoms with Gasteiger partial charge in [0.05, 0.1) is 13.2 Å². The fraction of sp³-hybridized carbons (Fsp3) is 0.579. The molecule has 0 saturated carbocycles. The van der Waals surface area contributed by atoms with Crippen LogP contribution in [0.1, 0.15) is 25.7 Å². The molecule has 0 bridgehead atoms. The quantitative estimate of drug-likeness (QED) is 0.254. The van der Waals surface area contributed by atoms with Crippen LogP contribution in [0.2, 0.25) is 0 Å². The maximum atomic E-state index is 12.2. The van der Waals surface area contributed by atoms with Gasteiger partial charge in [0.2, 0.25) is 5.91 Å². The maximum absolute atomic E-state index is 12.2. The van der Waals surface area contributed by atoms with Crippen LogP contribution in [-0.2, 0) is 9.53 Å². The molecule has 1 aliphatic rings. The number of aliphatic imine (C=N–C) groups is 1. The third kappa shape index (κ3) is 8.79. The number of hydrogen-bond donors (Lipinski definition) is 2. The number of benzene rings is 1.